The second kappa shape index (κ2) is 5.22. The number of hydrogen-bond acceptors (Lipinski definition) is 5. The van der Waals surface area contributed by atoms with Crippen LogP contribution < -0.4 is 5.32 Å². The minimum absolute atomic E-state index is 0.151. The summed E-state index contributed by atoms with van der Waals surface area (Å²) in [5.74, 6) is -0.151. The highest BCUT2D eigenvalue weighted by Gasteiger charge is 2.09. The van der Waals surface area contributed by atoms with Crippen LogP contribution in [-0.2, 0) is 0 Å². The Balaban J connectivity index is 1.83. The molecule has 0 bridgehead atoms. The minimum atomic E-state index is -0.151. The van der Waals surface area contributed by atoms with E-state index in [1.54, 1.807) is 29.5 Å². The Morgan fingerprint density at radius 2 is 2.20 bits per heavy atom. The first-order valence-corrected chi connectivity index (χ1v) is 6.75. The number of thiophene rings is 1. The molecule has 0 aliphatic carbocycles. The third kappa shape index (κ3) is 2.57. The van der Waals surface area contributed by atoms with Crippen molar-refractivity contribution in [3.8, 4) is 5.69 Å². The maximum atomic E-state index is 12.2. The van der Waals surface area contributed by atoms with E-state index in [2.05, 4.69) is 20.8 Å². The number of hydrogen-bond donors (Lipinski definition) is 1. The number of carbonyl (C=O) groups is 1. The molecule has 1 aromatic carbocycles. The van der Waals surface area contributed by atoms with Crippen LogP contribution in [-0.4, -0.2) is 26.1 Å². The molecule has 100 valence electrons. The zero-order valence-corrected chi connectivity index (χ0v) is 11.5. The van der Waals surface area contributed by atoms with Gasteiger partial charge in [-0.15, -0.1) is 16.4 Å². The molecule has 20 heavy (non-hydrogen) atoms. The summed E-state index contributed by atoms with van der Waals surface area (Å²) in [5.41, 5.74) is 1.30. The summed E-state index contributed by atoms with van der Waals surface area (Å²) in [6.07, 6.45) is 1.49. The van der Waals surface area contributed by atoms with Crippen molar-refractivity contribution in [2.75, 3.05) is 5.32 Å². The number of tetrazole rings is 1. The molecule has 0 saturated carbocycles. The molecule has 0 aliphatic rings. The van der Waals surface area contributed by atoms with Crippen LogP contribution in [0.2, 0.25) is 0 Å². The van der Waals surface area contributed by atoms with Crippen molar-refractivity contribution in [3.63, 3.8) is 0 Å². The number of carbonyl (C=O) groups excluding carboxylic acids is 1. The van der Waals surface area contributed by atoms with Crippen molar-refractivity contribution < 1.29 is 4.79 Å². The highest BCUT2D eigenvalue weighted by molar-refractivity contribution is 7.16. The second-order valence-electron chi connectivity index (χ2n) is 4.17. The van der Waals surface area contributed by atoms with Crippen LogP contribution in [0.4, 0.5) is 5.00 Å². The average molecular weight is 285 g/mol. The molecule has 2 aromatic heterocycles. The molecule has 0 saturated heterocycles. The van der Waals surface area contributed by atoms with Crippen molar-refractivity contribution in [1.29, 1.82) is 0 Å². The van der Waals surface area contributed by atoms with Crippen molar-refractivity contribution in [2.45, 2.75) is 6.92 Å². The van der Waals surface area contributed by atoms with E-state index in [1.165, 1.54) is 11.0 Å². The summed E-state index contributed by atoms with van der Waals surface area (Å²) in [6.45, 7) is 2.00. The molecule has 1 N–H and O–H groups in total. The van der Waals surface area contributed by atoms with Crippen LogP contribution in [0.25, 0.3) is 5.69 Å². The Bertz CT molecular complexity index is 735. The molecule has 0 aliphatic heterocycles. The maximum absolute atomic E-state index is 12.2. The Kier molecular flexibility index (Phi) is 3.26. The van der Waals surface area contributed by atoms with E-state index >= 15 is 0 Å². The Hall–Kier alpha value is -2.54. The zero-order chi connectivity index (χ0) is 13.9. The van der Waals surface area contributed by atoms with Crippen LogP contribution in [0.5, 0.6) is 0 Å². The number of aromatic nitrogens is 4. The van der Waals surface area contributed by atoms with Gasteiger partial charge in [0.05, 0.1) is 10.7 Å². The van der Waals surface area contributed by atoms with Gasteiger partial charge in [-0.2, -0.15) is 0 Å². The summed E-state index contributed by atoms with van der Waals surface area (Å²) in [7, 11) is 0. The lowest BCUT2D eigenvalue weighted by Gasteiger charge is -2.04. The lowest BCUT2D eigenvalue weighted by molar-refractivity contribution is 0.102. The fraction of sp³-hybridized carbons (Fsp3) is 0.0769. The molecule has 3 aromatic rings. The molecule has 3 rings (SSSR count). The van der Waals surface area contributed by atoms with Crippen LogP contribution >= 0.6 is 11.3 Å². The summed E-state index contributed by atoms with van der Waals surface area (Å²) in [5, 5.41) is 14.7. The Labute approximate surface area is 119 Å². The third-order valence-corrected chi connectivity index (χ3v) is 3.62. The fourth-order valence-electron chi connectivity index (χ4n) is 1.76. The van der Waals surface area contributed by atoms with Gasteiger partial charge in [0.1, 0.15) is 6.33 Å². The van der Waals surface area contributed by atoms with Gasteiger partial charge in [0.15, 0.2) is 0 Å². The lowest BCUT2D eigenvalue weighted by atomic mass is 10.2. The number of nitrogens with zero attached hydrogens (tertiary/aromatic N) is 4. The van der Waals surface area contributed by atoms with Gasteiger partial charge in [0.2, 0.25) is 0 Å². The van der Waals surface area contributed by atoms with Crippen molar-refractivity contribution in [3.05, 3.63) is 53.2 Å². The number of anilines is 1. The first-order chi connectivity index (χ1) is 9.72. The van der Waals surface area contributed by atoms with Gasteiger partial charge in [-0.05, 0) is 47.7 Å². The third-order valence-electron chi connectivity index (χ3n) is 2.70. The van der Waals surface area contributed by atoms with E-state index in [1.807, 2.05) is 25.1 Å². The molecule has 1 amide bonds. The monoisotopic (exact) mass is 285 g/mol. The molecular formula is C13H11N5OS. The molecule has 0 radical (unpaired) electrons. The van der Waals surface area contributed by atoms with Crippen LogP contribution in [0.3, 0.4) is 0 Å². The van der Waals surface area contributed by atoms with Gasteiger partial charge in [-0.1, -0.05) is 6.07 Å². The first kappa shape index (κ1) is 12.5. The number of benzene rings is 1. The van der Waals surface area contributed by atoms with E-state index in [4.69, 9.17) is 0 Å². The van der Waals surface area contributed by atoms with Gasteiger partial charge < -0.3 is 5.32 Å². The molecule has 0 atom stereocenters. The maximum Gasteiger partial charge on any atom is 0.256 e. The normalized spacial score (nSPS) is 10.4. The van der Waals surface area contributed by atoms with Gasteiger partial charge >= 0.3 is 0 Å². The predicted octanol–water partition coefficient (Wildman–Crippen LogP) is 2.28. The van der Waals surface area contributed by atoms with Crippen molar-refractivity contribution in [2.24, 2.45) is 0 Å². The zero-order valence-electron chi connectivity index (χ0n) is 10.6. The largest absolute Gasteiger partial charge is 0.314 e. The molecule has 0 fully saturated rings. The first-order valence-electron chi connectivity index (χ1n) is 5.93. The van der Waals surface area contributed by atoms with Gasteiger partial charge in [0.25, 0.3) is 5.91 Å². The summed E-state index contributed by atoms with van der Waals surface area (Å²) in [6, 6.07) is 11.0. The topological polar surface area (TPSA) is 72.7 Å². The van der Waals surface area contributed by atoms with Crippen molar-refractivity contribution >= 4 is 22.2 Å². The summed E-state index contributed by atoms with van der Waals surface area (Å²) >= 11 is 1.54. The van der Waals surface area contributed by atoms with Crippen LogP contribution in [0.15, 0.2) is 42.7 Å². The highest BCUT2D eigenvalue weighted by Crippen LogP contribution is 2.21. The van der Waals surface area contributed by atoms with Gasteiger partial charge in [-0.3, -0.25) is 4.79 Å². The van der Waals surface area contributed by atoms with Gasteiger partial charge in [0, 0.05) is 10.4 Å². The van der Waals surface area contributed by atoms with E-state index in [0.29, 0.717) is 5.56 Å². The SMILES string of the molecule is Cc1ccc(NC(=O)c2cccc(-n3cnnn3)c2)s1. The van der Waals surface area contributed by atoms with Crippen LogP contribution in [0, 0.1) is 6.92 Å². The smallest absolute Gasteiger partial charge is 0.256 e. The van der Waals surface area contributed by atoms with Crippen LogP contribution in [0.1, 0.15) is 15.2 Å². The molecule has 0 spiro atoms. The molecular weight excluding hydrogens is 274 g/mol. The number of rotatable bonds is 3. The number of nitrogens with one attached hydrogen (secondary N) is 1. The second-order valence-corrected chi connectivity index (χ2v) is 5.46. The van der Waals surface area contributed by atoms with E-state index in [0.717, 1.165) is 15.6 Å². The summed E-state index contributed by atoms with van der Waals surface area (Å²) < 4.78 is 1.51. The molecule has 2 heterocycles. The fourth-order valence-corrected chi connectivity index (χ4v) is 2.52. The standard InChI is InChI=1S/C13H11N5OS/c1-9-5-6-12(20-9)15-13(19)10-3-2-4-11(7-10)18-8-14-16-17-18/h2-8H,1H3,(H,15,19). The van der Waals surface area contributed by atoms with E-state index in [9.17, 15) is 4.79 Å². The Morgan fingerprint density at radius 1 is 1.30 bits per heavy atom. The predicted molar refractivity (Wildman–Crippen MR) is 76.2 cm³/mol. The minimum Gasteiger partial charge on any atom is -0.314 e. The van der Waals surface area contributed by atoms with Gasteiger partial charge in [-0.25, -0.2) is 4.68 Å². The number of amides is 1. The molecule has 7 heteroatoms. The molecule has 6 nitrogen and oxygen atoms in total. The quantitative estimate of drug-likeness (QED) is 0.801. The highest BCUT2D eigenvalue weighted by atomic mass is 32.1. The Morgan fingerprint density at radius 3 is 2.90 bits per heavy atom. The van der Waals surface area contributed by atoms with E-state index in [-0.39, 0.29) is 5.91 Å². The average Bonchev–Trinajstić information content (AvgIpc) is 3.11. The molecule has 0 unspecified atom stereocenters. The lowest BCUT2D eigenvalue weighted by Crippen LogP contribution is -2.11. The van der Waals surface area contributed by atoms with Crippen molar-refractivity contribution in [1.82, 2.24) is 20.2 Å². The number of aryl methyl sites for hydroxylation is 1. The van der Waals surface area contributed by atoms with E-state index < -0.39 is 0 Å². The summed E-state index contributed by atoms with van der Waals surface area (Å²) in [4.78, 5) is 13.3.